The van der Waals surface area contributed by atoms with Gasteiger partial charge in [-0.3, -0.25) is 13.6 Å². The van der Waals surface area contributed by atoms with Gasteiger partial charge in [-0.1, -0.05) is 5.92 Å². The van der Waals surface area contributed by atoms with Crippen LogP contribution >= 0.6 is 23.8 Å². The van der Waals surface area contributed by atoms with Crippen LogP contribution in [0.1, 0.15) is 48.0 Å². The van der Waals surface area contributed by atoms with E-state index in [1.165, 1.54) is 0 Å². The molecule has 0 saturated heterocycles. The molecule has 1 unspecified atom stereocenters. The first-order chi connectivity index (χ1) is 8.94. The first-order valence-corrected chi connectivity index (χ1v) is 8.97. The van der Waals surface area contributed by atoms with E-state index in [9.17, 15) is 4.57 Å². The molecule has 0 N–H and O–H groups in total. The monoisotopic (exact) mass is 366 g/mol. The number of phosphoric ester groups is 1. The summed E-state index contributed by atoms with van der Waals surface area (Å²) in [5, 5.41) is 0. The number of rotatable bonds is 5. The maximum atomic E-state index is 12.7. The zero-order chi connectivity index (χ0) is 15.6. The van der Waals surface area contributed by atoms with E-state index in [0.29, 0.717) is 18.4 Å². The molecule has 0 aromatic heterocycles. The summed E-state index contributed by atoms with van der Waals surface area (Å²) >= 11 is 3.08. The minimum atomic E-state index is -3.58. The van der Waals surface area contributed by atoms with Crippen molar-refractivity contribution in [3.63, 3.8) is 0 Å². The van der Waals surface area contributed by atoms with Gasteiger partial charge in [-0.05, 0) is 58.7 Å². The molecule has 0 bridgehead atoms. The Hall–Kier alpha value is 0.150. The molecule has 1 saturated carbocycles. The van der Waals surface area contributed by atoms with Crippen LogP contribution in [-0.2, 0) is 18.1 Å². The summed E-state index contributed by atoms with van der Waals surface area (Å²) in [7, 11) is -3.58. The minimum Gasteiger partial charge on any atom is -0.287 e. The molecule has 1 rings (SSSR count). The third-order valence-electron chi connectivity index (χ3n) is 2.38. The van der Waals surface area contributed by atoms with Gasteiger partial charge in [0.15, 0.2) is 0 Å². The predicted octanol–water partition coefficient (Wildman–Crippen LogP) is 4.73. The molecule has 20 heavy (non-hydrogen) atoms. The predicted molar refractivity (Wildman–Crippen MR) is 83.5 cm³/mol. The van der Waals surface area contributed by atoms with Crippen LogP contribution in [0.15, 0.2) is 0 Å². The molecule has 0 radical (unpaired) electrons. The van der Waals surface area contributed by atoms with E-state index < -0.39 is 19.0 Å². The molecule has 116 valence electrons. The molecule has 0 aromatic carbocycles. The third kappa shape index (κ3) is 7.24. The summed E-state index contributed by atoms with van der Waals surface area (Å²) in [5.74, 6) is 3.64. The first kappa shape index (κ1) is 18.2. The highest BCUT2D eigenvalue weighted by Crippen LogP contribution is 2.56. The standard InChI is InChI=1S/C14H24BrO4P/c1-13(2,3)18-20(16,19-14(4,5)6)17-10-12-9-11(12)7-8-15/h11-12H,9-10H2,1-6H3/t11-,12?/m0/s1. The van der Waals surface area contributed by atoms with Gasteiger partial charge < -0.3 is 0 Å². The van der Waals surface area contributed by atoms with Gasteiger partial charge in [0.05, 0.1) is 17.8 Å². The summed E-state index contributed by atoms with van der Waals surface area (Å²) in [6, 6.07) is 0. The van der Waals surface area contributed by atoms with Crippen molar-refractivity contribution in [2.45, 2.75) is 59.2 Å². The molecular formula is C14H24BrO4P. The van der Waals surface area contributed by atoms with Crippen molar-refractivity contribution in [2.75, 3.05) is 6.61 Å². The highest BCUT2D eigenvalue weighted by molar-refractivity contribution is 9.12. The Morgan fingerprint density at radius 1 is 1.15 bits per heavy atom. The minimum absolute atomic E-state index is 0.306. The lowest BCUT2D eigenvalue weighted by molar-refractivity contribution is 0.00190. The Labute approximate surface area is 130 Å². The van der Waals surface area contributed by atoms with Crippen LogP contribution < -0.4 is 0 Å². The summed E-state index contributed by atoms with van der Waals surface area (Å²) in [5.41, 5.74) is -1.20. The van der Waals surface area contributed by atoms with Crippen molar-refractivity contribution in [3.8, 4) is 10.8 Å². The Morgan fingerprint density at radius 3 is 2.05 bits per heavy atom. The summed E-state index contributed by atoms with van der Waals surface area (Å²) in [4.78, 5) is 2.71. The van der Waals surface area contributed by atoms with Crippen LogP contribution in [0.25, 0.3) is 0 Å². The second-order valence-electron chi connectivity index (χ2n) is 6.99. The topological polar surface area (TPSA) is 44.8 Å². The molecule has 0 aliphatic heterocycles. The zero-order valence-corrected chi connectivity index (χ0v) is 15.5. The summed E-state index contributed by atoms with van der Waals surface area (Å²) in [6.07, 6.45) is 0.962. The molecule has 0 spiro atoms. The highest BCUT2D eigenvalue weighted by Gasteiger charge is 2.42. The molecule has 1 aliphatic carbocycles. The number of hydrogen-bond acceptors (Lipinski definition) is 4. The quantitative estimate of drug-likeness (QED) is 0.520. The fourth-order valence-corrected chi connectivity index (χ4v) is 3.76. The average Bonchev–Trinajstić information content (AvgIpc) is 2.88. The smallest absolute Gasteiger partial charge is 0.287 e. The largest absolute Gasteiger partial charge is 0.475 e. The fourth-order valence-electron chi connectivity index (χ4n) is 1.61. The van der Waals surface area contributed by atoms with Crippen LogP contribution in [0.4, 0.5) is 0 Å². The maximum Gasteiger partial charge on any atom is 0.475 e. The average molecular weight is 367 g/mol. The molecule has 1 aliphatic rings. The normalized spacial score (nSPS) is 23.1. The molecule has 0 heterocycles. The molecule has 0 aromatic rings. The van der Waals surface area contributed by atoms with Crippen LogP contribution in [-0.4, -0.2) is 17.8 Å². The van der Waals surface area contributed by atoms with E-state index >= 15 is 0 Å². The van der Waals surface area contributed by atoms with Gasteiger partial charge in [0.2, 0.25) is 0 Å². The van der Waals surface area contributed by atoms with Gasteiger partial charge in [0.1, 0.15) is 0 Å². The maximum absolute atomic E-state index is 12.7. The van der Waals surface area contributed by atoms with Gasteiger partial charge >= 0.3 is 7.82 Å². The first-order valence-electron chi connectivity index (χ1n) is 6.71. The van der Waals surface area contributed by atoms with Gasteiger partial charge in [-0.2, -0.15) is 0 Å². The SMILES string of the molecule is CC(C)(C)OP(=O)(OCC1C[C@@H]1C#CBr)OC(C)(C)C. The number of halogens is 1. The van der Waals surface area contributed by atoms with E-state index in [0.717, 1.165) is 6.42 Å². The van der Waals surface area contributed by atoms with Crippen molar-refractivity contribution in [3.05, 3.63) is 0 Å². The van der Waals surface area contributed by atoms with E-state index in [2.05, 4.69) is 26.7 Å². The number of phosphoric acid groups is 1. The second-order valence-corrected chi connectivity index (χ2v) is 8.91. The molecule has 4 nitrogen and oxygen atoms in total. The molecule has 2 atom stereocenters. The lowest BCUT2D eigenvalue weighted by Gasteiger charge is -2.30. The van der Waals surface area contributed by atoms with Crippen LogP contribution in [0, 0.1) is 22.6 Å². The molecular weight excluding hydrogens is 343 g/mol. The van der Waals surface area contributed by atoms with Crippen molar-refractivity contribution in [1.82, 2.24) is 0 Å². The Bertz CT molecular complexity index is 419. The second kappa shape index (κ2) is 6.50. The fraction of sp³-hybridized carbons (Fsp3) is 0.857. The molecule has 6 heteroatoms. The van der Waals surface area contributed by atoms with Gasteiger partial charge in [-0.25, -0.2) is 4.57 Å². The highest BCUT2D eigenvalue weighted by atomic mass is 79.9. The zero-order valence-electron chi connectivity index (χ0n) is 13.0. The van der Waals surface area contributed by atoms with Crippen molar-refractivity contribution >= 4 is 23.8 Å². The molecule has 1 fully saturated rings. The lowest BCUT2D eigenvalue weighted by atomic mass is 10.2. The Balaban J connectivity index is 2.63. The van der Waals surface area contributed by atoms with E-state index in [4.69, 9.17) is 13.6 Å². The molecule has 0 amide bonds. The van der Waals surface area contributed by atoms with E-state index in [-0.39, 0.29) is 0 Å². The van der Waals surface area contributed by atoms with Crippen LogP contribution in [0.5, 0.6) is 0 Å². The lowest BCUT2D eigenvalue weighted by Crippen LogP contribution is -2.25. The summed E-state index contributed by atoms with van der Waals surface area (Å²) < 4.78 is 29.3. The summed E-state index contributed by atoms with van der Waals surface area (Å²) in [6.45, 7) is 11.3. The Morgan fingerprint density at radius 2 is 1.65 bits per heavy atom. The van der Waals surface area contributed by atoms with E-state index in [1.54, 1.807) is 0 Å². The van der Waals surface area contributed by atoms with Crippen molar-refractivity contribution in [2.24, 2.45) is 11.8 Å². The van der Waals surface area contributed by atoms with Crippen LogP contribution in [0.2, 0.25) is 0 Å². The number of hydrogen-bond donors (Lipinski definition) is 0. The van der Waals surface area contributed by atoms with Gasteiger partial charge in [0, 0.05) is 21.8 Å². The van der Waals surface area contributed by atoms with Crippen LogP contribution in [0.3, 0.4) is 0 Å². The van der Waals surface area contributed by atoms with Crippen molar-refractivity contribution in [1.29, 1.82) is 0 Å². The van der Waals surface area contributed by atoms with Gasteiger partial charge in [0.25, 0.3) is 0 Å². The van der Waals surface area contributed by atoms with Crippen molar-refractivity contribution < 1.29 is 18.1 Å². The third-order valence-corrected chi connectivity index (χ3v) is 4.62. The van der Waals surface area contributed by atoms with Gasteiger partial charge in [-0.15, -0.1) is 0 Å². The Kier molecular flexibility index (Phi) is 5.92. The van der Waals surface area contributed by atoms with E-state index in [1.807, 2.05) is 41.5 Å².